The summed E-state index contributed by atoms with van der Waals surface area (Å²) in [6.07, 6.45) is 1.43. The van der Waals surface area contributed by atoms with E-state index >= 15 is 0 Å². The number of fused-ring (bicyclic) bond motifs is 4. The lowest BCUT2D eigenvalue weighted by molar-refractivity contribution is 0.379. The first kappa shape index (κ1) is 11.7. The first-order chi connectivity index (χ1) is 9.71. The predicted molar refractivity (Wildman–Crippen MR) is 75.6 cm³/mol. The van der Waals surface area contributed by atoms with Gasteiger partial charge in [0.05, 0.1) is 0 Å². The van der Waals surface area contributed by atoms with Crippen molar-refractivity contribution in [3.63, 3.8) is 0 Å². The summed E-state index contributed by atoms with van der Waals surface area (Å²) in [5.74, 6) is 0.758. The van der Waals surface area contributed by atoms with Crippen LogP contribution < -0.4 is 10.5 Å². The summed E-state index contributed by atoms with van der Waals surface area (Å²) in [6.45, 7) is 0. The monoisotopic (exact) mass is 287 g/mol. The topological polar surface area (TPSA) is 60.5 Å². The van der Waals surface area contributed by atoms with Crippen LogP contribution in [0.3, 0.4) is 0 Å². The summed E-state index contributed by atoms with van der Waals surface area (Å²) in [6, 6.07) is 9.26. The van der Waals surface area contributed by atoms with Gasteiger partial charge in [-0.15, -0.1) is 0 Å². The molecule has 2 aromatic rings. The lowest BCUT2D eigenvalue weighted by Gasteiger charge is -2.33. The molecule has 0 fully saturated rings. The first-order valence-electron chi connectivity index (χ1n) is 6.11. The Morgan fingerprint density at radius 1 is 1.25 bits per heavy atom. The number of nitrogens with zero attached hydrogens (tertiary/aromatic N) is 2. The number of halogens is 1. The molecule has 2 N–H and O–H groups in total. The SMILES string of the molecule is NC1=NC2(CS1)c1ccccc1Oc1c2ccnc1F. The Kier molecular flexibility index (Phi) is 2.32. The third-order valence-corrected chi connectivity index (χ3v) is 4.53. The molecule has 1 atom stereocenters. The van der Waals surface area contributed by atoms with Crippen molar-refractivity contribution in [2.75, 3.05) is 5.75 Å². The van der Waals surface area contributed by atoms with Gasteiger partial charge in [-0.3, -0.25) is 0 Å². The molecule has 4 rings (SSSR count). The van der Waals surface area contributed by atoms with Crippen molar-refractivity contribution in [1.82, 2.24) is 4.98 Å². The Bertz CT molecular complexity index is 749. The van der Waals surface area contributed by atoms with E-state index in [-0.39, 0.29) is 5.75 Å². The Morgan fingerprint density at radius 2 is 2.10 bits per heavy atom. The molecular formula is C14H10FN3OS. The number of pyridine rings is 1. The molecule has 1 unspecified atom stereocenters. The average Bonchev–Trinajstić information content (AvgIpc) is 2.84. The molecule has 0 aliphatic carbocycles. The molecule has 6 heteroatoms. The van der Waals surface area contributed by atoms with Crippen LogP contribution in [-0.2, 0) is 5.54 Å². The molecule has 0 saturated heterocycles. The number of amidine groups is 1. The van der Waals surface area contributed by atoms with E-state index in [1.165, 1.54) is 18.0 Å². The van der Waals surface area contributed by atoms with E-state index in [2.05, 4.69) is 9.98 Å². The van der Waals surface area contributed by atoms with Gasteiger partial charge in [0.15, 0.2) is 10.9 Å². The zero-order valence-corrected chi connectivity index (χ0v) is 11.2. The fourth-order valence-corrected chi connectivity index (χ4v) is 3.66. The lowest BCUT2D eigenvalue weighted by atomic mass is 9.83. The zero-order chi connectivity index (χ0) is 13.7. The summed E-state index contributed by atoms with van der Waals surface area (Å²) in [5.41, 5.74) is 6.76. The number of nitrogens with two attached hydrogens (primary N) is 1. The number of rotatable bonds is 0. The van der Waals surface area contributed by atoms with Crippen molar-refractivity contribution in [3.8, 4) is 11.5 Å². The van der Waals surface area contributed by atoms with Gasteiger partial charge in [0.25, 0.3) is 5.95 Å². The van der Waals surface area contributed by atoms with E-state index in [1.54, 1.807) is 12.1 Å². The second-order valence-corrected chi connectivity index (χ2v) is 5.67. The van der Waals surface area contributed by atoms with Crippen LogP contribution in [0.4, 0.5) is 4.39 Å². The number of benzene rings is 1. The summed E-state index contributed by atoms with van der Waals surface area (Å²) in [5, 5.41) is 0.505. The molecule has 3 heterocycles. The minimum absolute atomic E-state index is 0.144. The number of aliphatic imine (C=N–C) groups is 1. The number of ether oxygens (including phenoxy) is 1. The molecule has 1 aromatic carbocycles. The summed E-state index contributed by atoms with van der Waals surface area (Å²) >= 11 is 1.46. The molecule has 1 aromatic heterocycles. The maximum absolute atomic E-state index is 14.0. The van der Waals surface area contributed by atoms with Gasteiger partial charge < -0.3 is 10.5 Å². The third-order valence-electron chi connectivity index (χ3n) is 3.58. The van der Waals surface area contributed by atoms with Gasteiger partial charge in [0.1, 0.15) is 11.3 Å². The van der Waals surface area contributed by atoms with E-state index in [4.69, 9.17) is 10.5 Å². The van der Waals surface area contributed by atoms with Crippen molar-refractivity contribution >= 4 is 16.9 Å². The highest BCUT2D eigenvalue weighted by molar-refractivity contribution is 8.14. The van der Waals surface area contributed by atoms with Gasteiger partial charge in [-0.05, 0) is 12.1 Å². The lowest BCUT2D eigenvalue weighted by Crippen LogP contribution is -2.30. The molecule has 4 nitrogen and oxygen atoms in total. The van der Waals surface area contributed by atoms with Crippen LogP contribution in [-0.4, -0.2) is 15.9 Å². The van der Waals surface area contributed by atoms with Gasteiger partial charge in [0.2, 0.25) is 0 Å². The highest BCUT2D eigenvalue weighted by Crippen LogP contribution is 2.52. The van der Waals surface area contributed by atoms with Crippen LogP contribution in [0.1, 0.15) is 11.1 Å². The van der Waals surface area contributed by atoms with E-state index in [1.807, 2.05) is 18.2 Å². The molecule has 2 aliphatic heterocycles. The molecular weight excluding hydrogens is 277 g/mol. The molecule has 1 spiro atoms. The van der Waals surface area contributed by atoms with Crippen LogP contribution in [0, 0.1) is 5.95 Å². The van der Waals surface area contributed by atoms with Gasteiger partial charge in [-0.25, -0.2) is 9.98 Å². The van der Waals surface area contributed by atoms with Crippen molar-refractivity contribution in [2.24, 2.45) is 10.7 Å². The minimum Gasteiger partial charge on any atom is -0.452 e. The van der Waals surface area contributed by atoms with Crippen LogP contribution >= 0.6 is 11.8 Å². The largest absolute Gasteiger partial charge is 0.452 e. The standard InChI is InChI=1S/C14H10FN3OS/c15-12-11-9(5-6-17-12)14(7-20-13(16)18-14)8-3-1-2-4-10(8)19-11/h1-6H,7H2,(H2,16,18). The number of para-hydroxylation sites is 1. The molecule has 2 aliphatic rings. The second kappa shape index (κ2) is 3.96. The quantitative estimate of drug-likeness (QED) is 0.757. The maximum atomic E-state index is 14.0. The number of aromatic nitrogens is 1. The Labute approximate surface area is 118 Å². The van der Waals surface area contributed by atoms with E-state index in [9.17, 15) is 4.39 Å². The normalized spacial score (nSPS) is 22.9. The fourth-order valence-electron chi connectivity index (χ4n) is 2.70. The third kappa shape index (κ3) is 1.42. The van der Waals surface area contributed by atoms with Crippen molar-refractivity contribution in [3.05, 3.63) is 53.6 Å². The van der Waals surface area contributed by atoms with Gasteiger partial charge >= 0.3 is 0 Å². The van der Waals surface area contributed by atoms with Gasteiger partial charge in [0, 0.05) is 23.1 Å². The van der Waals surface area contributed by atoms with Crippen molar-refractivity contribution in [1.29, 1.82) is 0 Å². The Morgan fingerprint density at radius 3 is 2.90 bits per heavy atom. The van der Waals surface area contributed by atoms with Crippen LogP contribution in [0.2, 0.25) is 0 Å². The number of hydrogen-bond acceptors (Lipinski definition) is 5. The Balaban J connectivity index is 2.07. The Hall–Kier alpha value is -2.08. The number of hydrogen-bond donors (Lipinski definition) is 1. The first-order valence-corrected chi connectivity index (χ1v) is 7.10. The maximum Gasteiger partial charge on any atom is 0.256 e. The summed E-state index contributed by atoms with van der Waals surface area (Å²) < 4.78 is 19.6. The summed E-state index contributed by atoms with van der Waals surface area (Å²) in [4.78, 5) is 8.25. The zero-order valence-electron chi connectivity index (χ0n) is 10.3. The fraction of sp³-hybridized carbons (Fsp3) is 0.143. The average molecular weight is 287 g/mol. The molecule has 0 radical (unpaired) electrons. The van der Waals surface area contributed by atoms with Crippen LogP contribution in [0.15, 0.2) is 41.5 Å². The highest BCUT2D eigenvalue weighted by Gasteiger charge is 2.46. The predicted octanol–water partition coefficient (Wildman–Crippen LogP) is 2.63. The smallest absolute Gasteiger partial charge is 0.256 e. The molecule has 100 valence electrons. The van der Waals surface area contributed by atoms with E-state index in [0.29, 0.717) is 22.2 Å². The van der Waals surface area contributed by atoms with Crippen molar-refractivity contribution < 1.29 is 9.13 Å². The molecule has 0 saturated carbocycles. The van der Waals surface area contributed by atoms with Crippen molar-refractivity contribution in [2.45, 2.75) is 5.54 Å². The molecule has 0 amide bonds. The van der Waals surface area contributed by atoms with Crippen LogP contribution in [0.25, 0.3) is 0 Å². The van der Waals surface area contributed by atoms with Gasteiger partial charge in [-0.2, -0.15) is 4.39 Å². The van der Waals surface area contributed by atoms with Gasteiger partial charge in [-0.1, -0.05) is 30.0 Å². The molecule has 0 bridgehead atoms. The van der Waals surface area contributed by atoms with Crippen LogP contribution in [0.5, 0.6) is 11.5 Å². The second-order valence-electron chi connectivity index (χ2n) is 4.68. The summed E-state index contributed by atoms with van der Waals surface area (Å²) in [7, 11) is 0. The van der Waals surface area contributed by atoms with E-state index in [0.717, 1.165) is 5.56 Å². The highest BCUT2D eigenvalue weighted by atomic mass is 32.2. The molecule has 20 heavy (non-hydrogen) atoms. The minimum atomic E-state index is -0.678. The van der Waals surface area contributed by atoms with E-state index < -0.39 is 11.5 Å². The number of thioether (sulfide) groups is 1.